The summed E-state index contributed by atoms with van der Waals surface area (Å²) in [6.45, 7) is 7.74. The van der Waals surface area contributed by atoms with Gasteiger partial charge in [0.05, 0.1) is 13.1 Å². The zero-order valence-corrected chi connectivity index (χ0v) is 12.0. The summed E-state index contributed by atoms with van der Waals surface area (Å²) in [7, 11) is 4.04. The summed E-state index contributed by atoms with van der Waals surface area (Å²) in [4.78, 5) is 6.48. The average molecular weight is 269 g/mol. The predicted molar refractivity (Wildman–Crippen MR) is 77.9 cm³/mol. The number of hydrogen-bond acceptors (Lipinski definition) is 1. The minimum atomic E-state index is 0.432. The summed E-state index contributed by atoms with van der Waals surface area (Å²) in [5.74, 6) is 0.834. The molecule has 0 fully saturated rings. The largest absolute Gasteiger partial charge is 0.357 e. The quantitative estimate of drug-likeness (QED) is 0.656. The van der Waals surface area contributed by atoms with Gasteiger partial charge in [0.1, 0.15) is 0 Å². The van der Waals surface area contributed by atoms with E-state index in [0.717, 1.165) is 19.0 Å². The van der Waals surface area contributed by atoms with Crippen molar-refractivity contribution in [2.24, 2.45) is 12.0 Å². The molecule has 18 heavy (non-hydrogen) atoms. The molecule has 0 atom stereocenters. The van der Waals surface area contributed by atoms with Crippen molar-refractivity contribution in [3.8, 4) is 0 Å². The summed E-state index contributed by atoms with van der Waals surface area (Å²) in [6.07, 6.45) is 2.04. The van der Waals surface area contributed by atoms with Crippen LogP contribution in [0.3, 0.4) is 0 Å². The molecule has 1 rings (SSSR count). The average Bonchev–Trinajstić information content (AvgIpc) is 2.70. The van der Waals surface area contributed by atoms with Gasteiger partial charge in [0.25, 0.3) is 0 Å². The fourth-order valence-corrected chi connectivity index (χ4v) is 1.67. The molecule has 0 saturated carbocycles. The summed E-state index contributed by atoms with van der Waals surface area (Å²) < 4.78 is 2.10. The fraction of sp³-hybridized carbons (Fsp3) is 0.462. The lowest BCUT2D eigenvalue weighted by atomic mass is 10.4. The third-order valence-corrected chi connectivity index (χ3v) is 2.67. The molecule has 1 aromatic rings. The predicted octanol–water partition coefficient (Wildman–Crippen LogP) is 2.17. The highest BCUT2D eigenvalue weighted by atomic mass is 35.5. The molecule has 0 aromatic carbocycles. The topological polar surface area (TPSA) is 32.6 Å². The first-order chi connectivity index (χ1) is 8.54. The van der Waals surface area contributed by atoms with Crippen molar-refractivity contribution in [2.45, 2.75) is 13.5 Å². The zero-order valence-electron chi connectivity index (χ0n) is 11.3. The molecule has 0 amide bonds. The number of hydrogen-bond donors (Lipinski definition) is 1. The first-order valence-corrected chi connectivity index (χ1v) is 6.35. The minimum Gasteiger partial charge on any atom is -0.357 e. The van der Waals surface area contributed by atoms with Crippen LogP contribution in [0.1, 0.15) is 12.6 Å². The van der Waals surface area contributed by atoms with Gasteiger partial charge in [-0.2, -0.15) is 0 Å². The second-order valence-corrected chi connectivity index (χ2v) is 4.69. The lowest BCUT2D eigenvalue weighted by molar-refractivity contribution is 0.463. The van der Waals surface area contributed by atoms with E-state index in [0.29, 0.717) is 11.6 Å². The van der Waals surface area contributed by atoms with E-state index in [1.54, 1.807) is 0 Å². The number of aryl methyl sites for hydroxylation is 1. The number of aliphatic imine (C=N–C) groups is 1. The van der Waals surface area contributed by atoms with Crippen molar-refractivity contribution >= 4 is 17.6 Å². The van der Waals surface area contributed by atoms with E-state index in [4.69, 9.17) is 11.6 Å². The SMILES string of the molecule is C=C(Cl)CN=C(NCC)N(C)Cc1cccn1C. The monoisotopic (exact) mass is 268 g/mol. The highest BCUT2D eigenvalue weighted by Gasteiger charge is 2.07. The summed E-state index contributed by atoms with van der Waals surface area (Å²) in [6, 6.07) is 4.13. The maximum absolute atomic E-state index is 5.74. The Morgan fingerprint density at radius 1 is 1.61 bits per heavy atom. The van der Waals surface area contributed by atoms with Crippen molar-refractivity contribution in [3.05, 3.63) is 35.6 Å². The summed E-state index contributed by atoms with van der Waals surface area (Å²) in [5.41, 5.74) is 1.23. The van der Waals surface area contributed by atoms with Crippen LogP contribution in [0.15, 0.2) is 34.9 Å². The molecule has 0 aliphatic rings. The summed E-state index contributed by atoms with van der Waals surface area (Å²) in [5, 5.41) is 3.78. The van der Waals surface area contributed by atoms with E-state index in [1.807, 2.05) is 33.3 Å². The first kappa shape index (κ1) is 14.6. The van der Waals surface area contributed by atoms with E-state index < -0.39 is 0 Å². The Labute approximate surface area is 114 Å². The standard InChI is InChI=1S/C13H21ClN4/c1-5-15-13(16-9-11(2)14)18(4)10-12-7-6-8-17(12)3/h6-8H,2,5,9-10H2,1,3-4H3,(H,15,16). The smallest absolute Gasteiger partial charge is 0.194 e. The van der Waals surface area contributed by atoms with Crippen LogP contribution in [-0.2, 0) is 13.6 Å². The lowest BCUT2D eigenvalue weighted by Gasteiger charge is -2.22. The molecule has 1 heterocycles. The molecule has 0 aliphatic heterocycles. The molecule has 0 radical (unpaired) electrons. The van der Waals surface area contributed by atoms with E-state index in [1.165, 1.54) is 5.69 Å². The maximum Gasteiger partial charge on any atom is 0.194 e. The highest BCUT2D eigenvalue weighted by Crippen LogP contribution is 2.04. The van der Waals surface area contributed by atoms with Crippen LogP contribution in [0, 0.1) is 0 Å². The van der Waals surface area contributed by atoms with E-state index in [9.17, 15) is 0 Å². The molecule has 0 spiro atoms. The van der Waals surface area contributed by atoms with Crippen molar-refractivity contribution in [3.63, 3.8) is 0 Å². The molecule has 0 bridgehead atoms. The van der Waals surface area contributed by atoms with Gasteiger partial charge in [-0.25, -0.2) is 4.99 Å². The van der Waals surface area contributed by atoms with E-state index >= 15 is 0 Å². The number of nitrogens with one attached hydrogen (secondary N) is 1. The number of halogens is 1. The molecule has 1 aromatic heterocycles. The van der Waals surface area contributed by atoms with Crippen LogP contribution in [0.2, 0.25) is 0 Å². The van der Waals surface area contributed by atoms with Gasteiger partial charge >= 0.3 is 0 Å². The Kier molecular flexibility index (Phi) is 5.78. The molecular formula is C13H21ClN4. The van der Waals surface area contributed by atoms with Gasteiger partial charge in [-0.3, -0.25) is 0 Å². The molecule has 1 N–H and O–H groups in total. The first-order valence-electron chi connectivity index (χ1n) is 5.97. The molecule has 0 aliphatic carbocycles. The normalized spacial score (nSPS) is 11.4. The Balaban J connectivity index is 2.70. The van der Waals surface area contributed by atoms with Gasteiger partial charge in [0.15, 0.2) is 5.96 Å². The minimum absolute atomic E-state index is 0.432. The third kappa shape index (κ3) is 4.45. The maximum atomic E-state index is 5.74. The Bertz CT molecular complexity index is 422. The molecule has 5 heteroatoms. The zero-order chi connectivity index (χ0) is 13.5. The third-order valence-electron chi connectivity index (χ3n) is 2.55. The van der Waals surface area contributed by atoms with Gasteiger partial charge in [-0.15, -0.1) is 0 Å². The number of nitrogens with zero attached hydrogens (tertiary/aromatic N) is 3. The Morgan fingerprint density at radius 3 is 2.83 bits per heavy atom. The Hall–Kier alpha value is -1.42. The van der Waals surface area contributed by atoms with Gasteiger partial charge in [-0.1, -0.05) is 18.2 Å². The van der Waals surface area contributed by atoms with Gasteiger partial charge in [-0.05, 0) is 19.1 Å². The molecule has 4 nitrogen and oxygen atoms in total. The van der Waals surface area contributed by atoms with Crippen molar-refractivity contribution < 1.29 is 0 Å². The molecular weight excluding hydrogens is 248 g/mol. The van der Waals surface area contributed by atoms with E-state index in [2.05, 4.69) is 32.4 Å². The van der Waals surface area contributed by atoms with Gasteiger partial charge in [0.2, 0.25) is 0 Å². The number of guanidine groups is 1. The van der Waals surface area contributed by atoms with Crippen molar-refractivity contribution in [2.75, 3.05) is 20.1 Å². The van der Waals surface area contributed by atoms with Gasteiger partial charge < -0.3 is 14.8 Å². The van der Waals surface area contributed by atoms with Crippen LogP contribution < -0.4 is 5.32 Å². The number of aromatic nitrogens is 1. The Morgan fingerprint density at radius 2 is 2.33 bits per heavy atom. The van der Waals surface area contributed by atoms with Crippen LogP contribution >= 0.6 is 11.6 Å². The molecule has 0 saturated heterocycles. The molecule has 100 valence electrons. The summed E-state index contributed by atoms with van der Waals surface area (Å²) >= 11 is 5.74. The van der Waals surface area contributed by atoms with Gasteiger partial charge in [0, 0.05) is 37.6 Å². The second-order valence-electron chi connectivity index (χ2n) is 4.15. The number of rotatable bonds is 5. The second kappa shape index (κ2) is 7.11. The highest BCUT2D eigenvalue weighted by molar-refractivity contribution is 6.29. The van der Waals surface area contributed by atoms with Crippen LogP contribution in [0.25, 0.3) is 0 Å². The van der Waals surface area contributed by atoms with Crippen LogP contribution in [-0.4, -0.2) is 35.6 Å². The van der Waals surface area contributed by atoms with E-state index in [-0.39, 0.29) is 0 Å². The fourth-order valence-electron chi connectivity index (χ4n) is 1.61. The van der Waals surface area contributed by atoms with Crippen LogP contribution in [0.4, 0.5) is 0 Å². The lowest BCUT2D eigenvalue weighted by Crippen LogP contribution is -2.38. The van der Waals surface area contributed by atoms with Crippen LogP contribution in [0.5, 0.6) is 0 Å². The van der Waals surface area contributed by atoms with Crippen molar-refractivity contribution in [1.82, 2.24) is 14.8 Å². The molecule has 0 unspecified atom stereocenters. The van der Waals surface area contributed by atoms with Crippen molar-refractivity contribution in [1.29, 1.82) is 0 Å².